The molecule has 0 aliphatic heterocycles. The van der Waals surface area contributed by atoms with Gasteiger partial charge in [-0.3, -0.25) is 14.2 Å². The lowest BCUT2D eigenvalue weighted by atomic mass is 9.34. The molecule has 0 amide bonds. The molecule has 3 saturated carbocycles. The molecule has 40 heavy (non-hydrogen) atoms. The third-order valence-corrected chi connectivity index (χ3v) is 15.2. The van der Waals surface area contributed by atoms with Gasteiger partial charge < -0.3 is 9.05 Å². The molecule has 0 bridgehead atoms. The summed E-state index contributed by atoms with van der Waals surface area (Å²) in [5.74, 6) is 0.00303. The van der Waals surface area contributed by atoms with Crippen molar-refractivity contribution in [2.45, 2.75) is 93.4 Å². The summed E-state index contributed by atoms with van der Waals surface area (Å²) in [5, 5.41) is 9.92. The fourth-order valence-corrected chi connectivity index (χ4v) is 12.3. The highest BCUT2D eigenvalue weighted by Crippen LogP contribution is 2.75. The Morgan fingerprint density at radius 3 is 2.20 bits per heavy atom. The Bertz CT molecular complexity index is 1300. The third-order valence-electron chi connectivity index (χ3n) is 13.1. The van der Waals surface area contributed by atoms with E-state index in [0.717, 1.165) is 50.5 Å². The van der Waals surface area contributed by atoms with Crippen LogP contribution in [-0.2, 0) is 23.2 Å². The SMILES string of the molecule is COP(=O)(C[C@]12CCC(C)(C)C[C@H]1[C@H]1C(=O)C=C3[C@@]4(C)C=C(C#N)C(=O)C(C)(C)[C@@H]4CC[C@@]3(C)[C@]1(C)CC2)OC. The molecule has 7 atom stereocenters. The largest absolute Gasteiger partial charge is 0.330 e. The van der Waals surface area contributed by atoms with Gasteiger partial charge in [0.05, 0.1) is 11.7 Å². The lowest BCUT2D eigenvalue weighted by Gasteiger charge is -2.69. The summed E-state index contributed by atoms with van der Waals surface area (Å²) < 4.78 is 24.5. The van der Waals surface area contributed by atoms with Crippen LogP contribution in [0.1, 0.15) is 93.4 Å². The molecule has 0 heterocycles. The van der Waals surface area contributed by atoms with Crippen molar-refractivity contribution in [1.82, 2.24) is 0 Å². The smallest absolute Gasteiger partial charge is 0.312 e. The summed E-state index contributed by atoms with van der Waals surface area (Å²) in [7, 11) is -0.347. The van der Waals surface area contributed by atoms with E-state index in [-0.39, 0.29) is 56.6 Å². The summed E-state index contributed by atoms with van der Waals surface area (Å²) in [6.45, 7) is 15.4. The summed E-state index contributed by atoms with van der Waals surface area (Å²) in [5.41, 5.74) is -0.619. The molecule has 0 spiro atoms. The fraction of sp³-hybridized carbons (Fsp3) is 0.788. The van der Waals surface area contributed by atoms with Gasteiger partial charge in [0.15, 0.2) is 11.6 Å². The lowest BCUT2D eigenvalue weighted by molar-refractivity contribution is -0.168. The quantitative estimate of drug-likeness (QED) is 0.322. The molecule has 0 aromatic rings. The van der Waals surface area contributed by atoms with Crippen LogP contribution >= 0.6 is 7.60 Å². The van der Waals surface area contributed by atoms with E-state index in [4.69, 9.17) is 9.05 Å². The summed E-state index contributed by atoms with van der Waals surface area (Å²) in [6, 6.07) is 2.19. The van der Waals surface area contributed by atoms with E-state index in [2.05, 4.69) is 40.7 Å². The number of nitriles is 1. The van der Waals surface area contributed by atoms with Crippen LogP contribution in [0.5, 0.6) is 0 Å². The van der Waals surface area contributed by atoms with Crippen LogP contribution in [0.25, 0.3) is 0 Å². The number of ketones is 2. The first-order valence-corrected chi connectivity index (χ1v) is 16.8. The number of hydrogen-bond donors (Lipinski definition) is 0. The molecule has 0 saturated heterocycles. The second-order valence-corrected chi connectivity index (χ2v) is 18.0. The van der Waals surface area contributed by atoms with Crippen molar-refractivity contribution in [2.75, 3.05) is 20.4 Å². The van der Waals surface area contributed by atoms with Crippen molar-refractivity contribution >= 4 is 19.2 Å². The average Bonchev–Trinajstić information content (AvgIpc) is 2.88. The normalized spacial score (nSPS) is 43.8. The van der Waals surface area contributed by atoms with E-state index in [1.54, 1.807) is 0 Å². The Morgan fingerprint density at radius 1 is 0.975 bits per heavy atom. The minimum atomic E-state index is -3.28. The number of allylic oxidation sites excluding steroid dienone is 4. The summed E-state index contributed by atoms with van der Waals surface area (Å²) >= 11 is 0. The molecule has 0 unspecified atom stereocenters. The second kappa shape index (κ2) is 8.98. The molecule has 0 radical (unpaired) electrons. The Balaban J connectivity index is 1.68. The van der Waals surface area contributed by atoms with Crippen molar-refractivity contribution in [1.29, 1.82) is 5.26 Å². The third kappa shape index (κ3) is 3.83. The molecule has 3 fully saturated rings. The van der Waals surface area contributed by atoms with Gasteiger partial charge in [-0.05, 0) is 84.5 Å². The number of nitrogens with zero attached hydrogens (tertiary/aromatic N) is 1. The van der Waals surface area contributed by atoms with Gasteiger partial charge in [-0.1, -0.05) is 60.1 Å². The Labute approximate surface area is 240 Å². The van der Waals surface area contributed by atoms with Crippen LogP contribution in [0.15, 0.2) is 23.3 Å². The first kappa shape index (κ1) is 29.9. The average molecular weight is 570 g/mol. The fourth-order valence-electron chi connectivity index (χ4n) is 10.6. The molecule has 7 heteroatoms. The van der Waals surface area contributed by atoms with E-state index in [0.29, 0.717) is 6.16 Å². The minimum absolute atomic E-state index is 0.0301. The Kier molecular flexibility index (Phi) is 6.72. The molecule has 5 rings (SSSR count). The van der Waals surface area contributed by atoms with E-state index < -0.39 is 18.4 Å². The zero-order valence-electron chi connectivity index (χ0n) is 26.0. The van der Waals surface area contributed by atoms with Crippen molar-refractivity contribution in [3.8, 4) is 6.07 Å². The van der Waals surface area contributed by atoms with Crippen LogP contribution in [0, 0.1) is 61.6 Å². The van der Waals surface area contributed by atoms with Crippen LogP contribution in [0.4, 0.5) is 0 Å². The number of fused-ring (bicyclic) bond motifs is 7. The van der Waals surface area contributed by atoms with Gasteiger partial charge in [0, 0.05) is 31.0 Å². The summed E-state index contributed by atoms with van der Waals surface area (Å²) in [6.07, 6.45) is 10.6. The highest BCUT2D eigenvalue weighted by Gasteiger charge is 2.70. The molecule has 5 aliphatic rings. The molecule has 6 nitrogen and oxygen atoms in total. The first-order chi connectivity index (χ1) is 18.4. The van der Waals surface area contributed by atoms with Crippen LogP contribution in [0.2, 0.25) is 0 Å². The molecular formula is C33H48NO5P. The highest BCUT2D eigenvalue weighted by molar-refractivity contribution is 7.53. The van der Waals surface area contributed by atoms with E-state index in [1.165, 1.54) is 14.2 Å². The van der Waals surface area contributed by atoms with Gasteiger partial charge in [-0.25, -0.2) is 0 Å². The molecule has 0 aromatic heterocycles. The predicted octanol–water partition coefficient (Wildman–Crippen LogP) is 7.69. The van der Waals surface area contributed by atoms with Gasteiger partial charge >= 0.3 is 7.60 Å². The number of rotatable bonds is 4. The Hall–Kier alpha value is -1.54. The number of carbonyl (C=O) groups excluding carboxylic acids is 2. The number of Topliss-reactive ketones (excluding diaryl/α,β-unsaturated/α-hetero) is 1. The van der Waals surface area contributed by atoms with Gasteiger partial charge in [-0.2, -0.15) is 5.26 Å². The maximum Gasteiger partial charge on any atom is 0.330 e. The maximum atomic E-state index is 14.6. The van der Waals surface area contributed by atoms with Crippen molar-refractivity contribution in [3.05, 3.63) is 23.3 Å². The van der Waals surface area contributed by atoms with E-state index >= 15 is 0 Å². The Morgan fingerprint density at radius 2 is 1.60 bits per heavy atom. The lowest BCUT2D eigenvalue weighted by Crippen LogP contribution is -2.65. The second-order valence-electron chi connectivity index (χ2n) is 15.8. The van der Waals surface area contributed by atoms with Gasteiger partial charge in [0.25, 0.3) is 0 Å². The van der Waals surface area contributed by atoms with E-state index in [9.17, 15) is 19.4 Å². The van der Waals surface area contributed by atoms with Crippen molar-refractivity contribution in [3.63, 3.8) is 0 Å². The zero-order valence-corrected chi connectivity index (χ0v) is 26.9. The van der Waals surface area contributed by atoms with Gasteiger partial charge in [-0.15, -0.1) is 0 Å². The topological polar surface area (TPSA) is 93.5 Å². The van der Waals surface area contributed by atoms with Crippen molar-refractivity contribution < 1.29 is 23.2 Å². The van der Waals surface area contributed by atoms with Crippen molar-refractivity contribution in [2.24, 2.45) is 50.2 Å². The maximum absolute atomic E-state index is 14.6. The highest BCUT2D eigenvalue weighted by atomic mass is 31.2. The molecule has 220 valence electrons. The molecular weight excluding hydrogens is 521 g/mol. The standard InChI is InChI=1S/C33H48NO5P/c1-28(2)12-14-33(20-40(37,38-8)39-9)15-13-32(7)26(22(33)18-28)23(35)16-25-30(5)17-21(19-34)27(36)29(3,4)24(30)10-11-31(25,32)6/h16-17,22,24,26H,10-15,18,20H2,1-9H3/t22-,24-,26-,30-,31+,32+,33+/m0/s1. The molecule has 0 aromatic carbocycles. The van der Waals surface area contributed by atoms with Crippen LogP contribution in [0.3, 0.4) is 0 Å². The monoisotopic (exact) mass is 569 g/mol. The number of carbonyl (C=O) groups is 2. The molecule has 5 aliphatic carbocycles. The zero-order chi connectivity index (χ0) is 29.7. The van der Waals surface area contributed by atoms with Gasteiger partial charge in [0.1, 0.15) is 6.07 Å². The first-order valence-electron chi connectivity index (χ1n) is 15.0. The van der Waals surface area contributed by atoms with E-state index in [1.807, 2.05) is 26.0 Å². The van der Waals surface area contributed by atoms with Crippen LogP contribution < -0.4 is 0 Å². The number of hydrogen-bond acceptors (Lipinski definition) is 6. The van der Waals surface area contributed by atoms with Gasteiger partial charge in [0.2, 0.25) is 0 Å². The molecule has 0 N–H and O–H groups in total. The summed E-state index contributed by atoms with van der Waals surface area (Å²) in [4.78, 5) is 27.8. The minimum Gasteiger partial charge on any atom is -0.312 e. The van der Waals surface area contributed by atoms with Crippen LogP contribution in [-0.4, -0.2) is 31.9 Å². The predicted molar refractivity (Wildman–Crippen MR) is 155 cm³/mol.